The first kappa shape index (κ1) is 19.2. The van der Waals surface area contributed by atoms with Crippen molar-refractivity contribution in [3.8, 4) is 0 Å². The lowest BCUT2D eigenvalue weighted by atomic mass is 9.70. The summed E-state index contributed by atoms with van der Waals surface area (Å²) >= 11 is 0. The SMILES string of the molecule is COC1(C(=O)CO)CC=CC2=C1C(=O)c1cc3ccccc3cc1C2=O.Cl. The van der Waals surface area contributed by atoms with Crippen LogP contribution in [0.15, 0.2) is 59.7 Å². The molecule has 27 heavy (non-hydrogen) atoms. The van der Waals surface area contributed by atoms with Crippen molar-refractivity contribution in [3.63, 3.8) is 0 Å². The van der Waals surface area contributed by atoms with E-state index < -0.39 is 23.8 Å². The molecule has 0 spiro atoms. The van der Waals surface area contributed by atoms with Crippen LogP contribution in [0, 0.1) is 0 Å². The number of aliphatic hydroxyl groups excluding tert-OH is 1. The van der Waals surface area contributed by atoms with Crippen molar-refractivity contribution in [1.29, 1.82) is 0 Å². The van der Waals surface area contributed by atoms with E-state index in [4.69, 9.17) is 4.74 Å². The number of aliphatic hydroxyl groups is 1. The molecule has 2 aliphatic carbocycles. The van der Waals surface area contributed by atoms with Gasteiger partial charge in [-0.15, -0.1) is 12.4 Å². The first-order valence-corrected chi connectivity index (χ1v) is 8.26. The number of carbonyl (C=O) groups is 3. The maximum atomic E-state index is 13.3. The zero-order valence-electron chi connectivity index (χ0n) is 14.5. The fraction of sp³-hybridized carbons (Fsp3) is 0.190. The highest BCUT2D eigenvalue weighted by Crippen LogP contribution is 2.41. The summed E-state index contributed by atoms with van der Waals surface area (Å²) < 4.78 is 5.43. The summed E-state index contributed by atoms with van der Waals surface area (Å²) in [6.07, 6.45) is 3.30. The van der Waals surface area contributed by atoms with E-state index in [2.05, 4.69) is 0 Å². The summed E-state index contributed by atoms with van der Waals surface area (Å²) in [7, 11) is 1.31. The third-order valence-corrected chi connectivity index (χ3v) is 5.15. The van der Waals surface area contributed by atoms with Crippen LogP contribution in [0.1, 0.15) is 27.1 Å². The van der Waals surface area contributed by atoms with Crippen LogP contribution in [0.5, 0.6) is 0 Å². The molecule has 0 fully saturated rings. The summed E-state index contributed by atoms with van der Waals surface area (Å²) in [4.78, 5) is 38.8. The van der Waals surface area contributed by atoms with Crippen LogP contribution in [-0.2, 0) is 9.53 Å². The van der Waals surface area contributed by atoms with Gasteiger partial charge >= 0.3 is 0 Å². The van der Waals surface area contributed by atoms with Gasteiger partial charge in [0, 0.05) is 30.2 Å². The van der Waals surface area contributed by atoms with E-state index in [-0.39, 0.29) is 41.3 Å². The van der Waals surface area contributed by atoms with Crippen molar-refractivity contribution in [3.05, 3.63) is 70.8 Å². The van der Waals surface area contributed by atoms with Crippen molar-refractivity contribution in [2.45, 2.75) is 12.0 Å². The molecule has 5 nitrogen and oxygen atoms in total. The molecule has 0 amide bonds. The Bertz CT molecular complexity index is 1050. The molecule has 0 aliphatic heterocycles. The van der Waals surface area contributed by atoms with E-state index in [9.17, 15) is 19.5 Å². The van der Waals surface area contributed by atoms with Crippen LogP contribution in [0.3, 0.4) is 0 Å². The van der Waals surface area contributed by atoms with Gasteiger partial charge < -0.3 is 9.84 Å². The van der Waals surface area contributed by atoms with E-state index in [1.54, 1.807) is 24.3 Å². The van der Waals surface area contributed by atoms with Crippen LogP contribution in [-0.4, -0.2) is 41.8 Å². The highest BCUT2D eigenvalue weighted by Gasteiger charge is 2.50. The number of halogens is 1. The quantitative estimate of drug-likeness (QED) is 0.880. The Morgan fingerprint density at radius 3 is 2.26 bits per heavy atom. The van der Waals surface area contributed by atoms with E-state index in [0.717, 1.165) is 10.8 Å². The van der Waals surface area contributed by atoms with Gasteiger partial charge in [-0.05, 0) is 22.9 Å². The smallest absolute Gasteiger partial charge is 0.194 e. The second kappa shape index (κ2) is 6.85. The maximum absolute atomic E-state index is 13.3. The molecular weight excluding hydrogens is 368 g/mol. The second-order valence-electron chi connectivity index (χ2n) is 6.41. The lowest BCUT2D eigenvalue weighted by molar-refractivity contribution is -0.139. The Balaban J connectivity index is 0.00000210. The molecular formula is C21H17ClO5. The molecule has 1 unspecified atom stereocenters. The first-order chi connectivity index (χ1) is 12.5. The molecule has 0 heterocycles. The van der Waals surface area contributed by atoms with Gasteiger partial charge in [-0.1, -0.05) is 36.4 Å². The van der Waals surface area contributed by atoms with Crippen LogP contribution >= 0.6 is 12.4 Å². The Kier molecular flexibility index (Phi) is 4.86. The Labute approximate surface area is 161 Å². The monoisotopic (exact) mass is 384 g/mol. The predicted octanol–water partition coefficient (Wildman–Crippen LogP) is 2.84. The number of rotatable bonds is 3. The van der Waals surface area contributed by atoms with E-state index >= 15 is 0 Å². The molecule has 0 saturated carbocycles. The van der Waals surface area contributed by atoms with Gasteiger partial charge in [0.1, 0.15) is 6.61 Å². The Hall–Kier alpha value is -2.60. The van der Waals surface area contributed by atoms with Crippen LogP contribution in [0.2, 0.25) is 0 Å². The van der Waals surface area contributed by atoms with E-state index in [0.29, 0.717) is 5.56 Å². The molecule has 1 N–H and O–H groups in total. The Morgan fingerprint density at radius 1 is 1.11 bits per heavy atom. The van der Waals surface area contributed by atoms with Gasteiger partial charge in [-0.2, -0.15) is 0 Å². The molecule has 0 bridgehead atoms. The molecule has 0 aromatic heterocycles. The average molecular weight is 385 g/mol. The number of fused-ring (bicyclic) bond motifs is 2. The molecule has 138 valence electrons. The number of hydrogen-bond acceptors (Lipinski definition) is 5. The highest BCUT2D eigenvalue weighted by molar-refractivity contribution is 6.31. The molecule has 0 radical (unpaired) electrons. The number of ether oxygens (including phenoxy) is 1. The van der Waals surface area contributed by atoms with Gasteiger partial charge in [0.25, 0.3) is 0 Å². The van der Waals surface area contributed by atoms with Gasteiger partial charge in [-0.3, -0.25) is 14.4 Å². The fourth-order valence-electron chi connectivity index (χ4n) is 3.82. The minimum absolute atomic E-state index is 0. The molecule has 0 saturated heterocycles. The van der Waals surface area contributed by atoms with E-state index in [1.165, 1.54) is 7.11 Å². The number of benzene rings is 2. The van der Waals surface area contributed by atoms with Crippen molar-refractivity contribution in [2.75, 3.05) is 13.7 Å². The van der Waals surface area contributed by atoms with Crippen molar-refractivity contribution >= 4 is 40.5 Å². The first-order valence-electron chi connectivity index (χ1n) is 8.26. The molecule has 6 heteroatoms. The van der Waals surface area contributed by atoms with Crippen molar-refractivity contribution in [1.82, 2.24) is 0 Å². The van der Waals surface area contributed by atoms with Crippen LogP contribution in [0.25, 0.3) is 10.8 Å². The molecule has 2 aromatic carbocycles. The topological polar surface area (TPSA) is 80.7 Å². The van der Waals surface area contributed by atoms with Crippen LogP contribution in [0.4, 0.5) is 0 Å². The molecule has 4 rings (SSSR count). The minimum atomic E-state index is -1.63. The predicted molar refractivity (Wildman–Crippen MR) is 102 cm³/mol. The number of methoxy groups -OCH3 is 1. The van der Waals surface area contributed by atoms with Crippen molar-refractivity contribution < 1.29 is 24.2 Å². The minimum Gasteiger partial charge on any atom is -0.388 e. The summed E-state index contributed by atoms with van der Waals surface area (Å²) in [5.41, 5.74) is -0.869. The zero-order valence-corrected chi connectivity index (χ0v) is 15.3. The van der Waals surface area contributed by atoms with Gasteiger partial charge in [-0.25, -0.2) is 0 Å². The fourth-order valence-corrected chi connectivity index (χ4v) is 3.82. The summed E-state index contributed by atoms with van der Waals surface area (Å²) in [6, 6.07) is 10.8. The van der Waals surface area contributed by atoms with Crippen molar-refractivity contribution in [2.24, 2.45) is 0 Å². The molecule has 2 aromatic rings. The second-order valence-corrected chi connectivity index (χ2v) is 6.41. The summed E-state index contributed by atoms with van der Waals surface area (Å²) in [5, 5.41) is 11.1. The Morgan fingerprint density at radius 2 is 1.70 bits per heavy atom. The van der Waals surface area contributed by atoms with E-state index in [1.807, 2.05) is 24.3 Å². The highest BCUT2D eigenvalue weighted by atomic mass is 35.5. The maximum Gasteiger partial charge on any atom is 0.194 e. The third kappa shape index (κ3) is 2.58. The third-order valence-electron chi connectivity index (χ3n) is 5.15. The lowest BCUT2D eigenvalue weighted by Crippen LogP contribution is -2.49. The summed E-state index contributed by atoms with van der Waals surface area (Å²) in [5.74, 6) is -1.36. The van der Waals surface area contributed by atoms with Crippen LogP contribution < -0.4 is 0 Å². The summed E-state index contributed by atoms with van der Waals surface area (Å²) in [6.45, 7) is -0.773. The number of hydrogen-bond donors (Lipinski definition) is 1. The van der Waals surface area contributed by atoms with Gasteiger partial charge in [0.05, 0.1) is 5.57 Å². The number of ketones is 3. The normalized spacial score (nSPS) is 21.0. The molecule has 1 atom stereocenters. The largest absolute Gasteiger partial charge is 0.388 e. The van der Waals surface area contributed by atoms with Gasteiger partial charge in [0.15, 0.2) is 23.0 Å². The van der Waals surface area contributed by atoms with Gasteiger partial charge in [0.2, 0.25) is 0 Å². The lowest BCUT2D eigenvalue weighted by Gasteiger charge is -2.36. The number of carbonyl (C=O) groups excluding carboxylic acids is 3. The molecule has 2 aliphatic rings. The standard InChI is InChI=1S/C21H16O5.ClH/c1-26-21(17(23)11-22)8-4-7-14-18(21)20(25)16-10-13-6-3-2-5-12(13)9-15(16)19(14)24;/h2-7,9-10,22H,8,11H2,1H3;1H. The number of allylic oxidation sites excluding steroid dienone is 2. The zero-order chi connectivity index (χ0) is 18.5. The average Bonchev–Trinajstić information content (AvgIpc) is 2.69. The number of Topliss-reactive ketones (excluding diaryl/α,β-unsaturated/α-hetero) is 3.